The van der Waals surface area contributed by atoms with Crippen molar-refractivity contribution in [3.05, 3.63) is 24.3 Å². The number of hydrogen-bond acceptors (Lipinski definition) is 3. The third-order valence-electron chi connectivity index (χ3n) is 4.82. The van der Waals surface area contributed by atoms with Crippen molar-refractivity contribution in [3.8, 4) is 5.75 Å². The molecule has 1 heterocycles. The molecule has 3 rings (SSSR count). The smallest absolute Gasteiger partial charge is 0.232 e. The molecule has 1 amide bonds. The summed E-state index contributed by atoms with van der Waals surface area (Å²) < 4.78 is 5.20. The van der Waals surface area contributed by atoms with Crippen molar-refractivity contribution in [1.29, 1.82) is 0 Å². The minimum atomic E-state index is -0.207. The lowest BCUT2D eigenvalue weighted by molar-refractivity contribution is -0.128. The minimum absolute atomic E-state index is 0.167. The molecule has 108 valence electrons. The number of carbonyl (C=O) groups is 1. The first kappa shape index (κ1) is 13.4. The number of benzene rings is 1. The Morgan fingerprint density at radius 2 is 2.35 bits per heavy atom. The lowest BCUT2D eigenvalue weighted by Gasteiger charge is -2.37. The fourth-order valence-corrected chi connectivity index (χ4v) is 3.65. The van der Waals surface area contributed by atoms with Crippen molar-refractivity contribution in [2.45, 2.75) is 25.7 Å². The van der Waals surface area contributed by atoms with Crippen molar-refractivity contribution in [2.24, 2.45) is 11.3 Å². The van der Waals surface area contributed by atoms with E-state index in [9.17, 15) is 4.79 Å². The number of anilines is 1. The van der Waals surface area contributed by atoms with Gasteiger partial charge in [-0.2, -0.15) is 0 Å². The van der Waals surface area contributed by atoms with Gasteiger partial charge in [-0.3, -0.25) is 4.79 Å². The molecule has 1 aliphatic carbocycles. The van der Waals surface area contributed by atoms with Gasteiger partial charge in [0.15, 0.2) is 0 Å². The summed E-state index contributed by atoms with van der Waals surface area (Å²) in [4.78, 5) is 12.8. The highest BCUT2D eigenvalue weighted by molar-refractivity contribution is 5.96. The number of hydrogen-bond donors (Lipinski definition) is 2. The van der Waals surface area contributed by atoms with Crippen LogP contribution in [-0.4, -0.2) is 26.1 Å². The topological polar surface area (TPSA) is 50.4 Å². The van der Waals surface area contributed by atoms with Gasteiger partial charge in [-0.15, -0.1) is 0 Å². The average molecular weight is 274 g/mol. The van der Waals surface area contributed by atoms with Crippen LogP contribution in [0.15, 0.2) is 24.3 Å². The van der Waals surface area contributed by atoms with Gasteiger partial charge in [-0.1, -0.05) is 18.9 Å². The van der Waals surface area contributed by atoms with Gasteiger partial charge in [-0.25, -0.2) is 0 Å². The summed E-state index contributed by atoms with van der Waals surface area (Å²) in [6.07, 6.45) is 4.57. The number of methoxy groups -OCH3 is 1. The van der Waals surface area contributed by atoms with E-state index in [4.69, 9.17) is 4.74 Å². The number of carbonyl (C=O) groups excluding carboxylic acids is 1. The van der Waals surface area contributed by atoms with E-state index in [-0.39, 0.29) is 11.3 Å². The summed E-state index contributed by atoms with van der Waals surface area (Å²) in [5.74, 6) is 1.42. The van der Waals surface area contributed by atoms with Crippen molar-refractivity contribution < 1.29 is 9.53 Å². The van der Waals surface area contributed by atoms with Crippen LogP contribution in [-0.2, 0) is 4.79 Å². The third-order valence-corrected chi connectivity index (χ3v) is 4.82. The molecule has 20 heavy (non-hydrogen) atoms. The Labute approximate surface area is 119 Å². The zero-order chi connectivity index (χ0) is 14.0. The van der Waals surface area contributed by atoms with Gasteiger partial charge in [-0.05, 0) is 37.4 Å². The highest BCUT2D eigenvalue weighted by Crippen LogP contribution is 2.44. The van der Waals surface area contributed by atoms with E-state index in [0.717, 1.165) is 37.4 Å². The molecule has 2 N–H and O–H groups in total. The lowest BCUT2D eigenvalue weighted by atomic mass is 9.67. The van der Waals surface area contributed by atoms with Crippen LogP contribution in [0.5, 0.6) is 5.75 Å². The number of fused-ring (bicyclic) bond motifs is 1. The SMILES string of the molecule is COc1cccc(NC(=O)[C@@]23CCCC[C@H]2CNC3)c1. The average Bonchev–Trinajstić information content (AvgIpc) is 2.92. The summed E-state index contributed by atoms with van der Waals surface area (Å²) >= 11 is 0. The van der Waals surface area contributed by atoms with Crippen LogP contribution in [0.4, 0.5) is 5.69 Å². The zero-order valence-corrected chi connectivity index (χ0v) is 11.9. The second-order valence-corrected chi connectivity index (χ2v) is 5.92. The quantitative estimate of drug-likeness (QED) is 0.890. The maximum atomic E-state index is 12.8. The van der Waals surface area contributed by atoms with Gasteiger partial charge in [0.1, 0.15) is 5.75 Å². The van der Waals surface area contributed by atoms with Crippen molar-refractivity contribution in [3.63, 3.8) is 0 Å². The molecular weight excluding hydrogens is 252 g/mol. The summed E-state index contributed by atoms with van der Waals surface area (Å²) in [5, 5.41) is 6.50. The van der Waals surface area contributed by atoms with Crippen LogP contribution in [0, 0.1) is 11.3 Å². The summed E-state index contributed by atoms with van der Waals surface area (Å²) in [6.45, 7) is 1.79. The molecule has 2 atom stereocenters. The zero-order valence-electron chi connectivity index (χ0n) is 11.9. The molecule has 1 saturated carbocycles. The number of nitrogens with one attached hydrogen (secondary N) is 2. The molecule has 1 aliphatic heterocycles. The second-order valence-electron chi connectivity index (χ2n) is 5.92. The fourth-order valence-electron chi connectivity index (χ4n) is 3.65. The highest BCUT2D eigenvalue weighted by Gasteiger charge is 2.49. The van der Waals surface area contributed by atoms with Crippen molar-refractivity contribution in [1.82, 2.24) is 5.32 Å². The molecule has 0 radical (unpaired) electrons. The van der Waals surface area contributed by atoms with Crippen molar-refractivity contribution >= 4 is 11.6 Å². The van der Waals surface area contributed by atoms with E-state index in [1.165, 1.54) is 12.8 Å². The highest BCUT2D eigenvalue weighted by atomic mass is 16.5. The summed E-state index contributed by atoms with van der Waals surface area (Å²) in [6, 6.07) is 7.57. The van der Waals surface area contributed by atoms with Crippen LogP contribution < -0.4 is 15.4 Å². The molecule has 4 heteroatoms. The fraction of sp³-hybridized carbons (Fsp3) is 0.562. The van der Waals surface area contributed by atoms with Crippen LogP contribution in [0.1, 0.15) is 25.7 Å². The van der Waals surface area contributed by atoms with Crippen LogP contribution in [0.3, 0.4) is 0 Å². The lowest BCUT2D eigenvalue weighted by Crippen LogP contribution is -2.44. The maximum absolute atomic E-state index is 12.8. The molecule has 1 aromatic carbocycles. The van der Waals surface area contributed by atoms with Crippen LogP contribution in [0.2, 0.25) is 0 Å². The largest absolute Gasteiger partial charge is 0.497 e. The minimum Gasteiger partial charge on any atom is -0.497 e. The second kappa shape index (κ2) is 5.44. The Balaban J connectivity index is 1.78. The first-order chi connectivity index (χ1) is 9.74. The van der Waals surface area contributed by atoms with E-state index in [0.29, 0.717) is 5.92 Å². The molecule has 0 unspecified atom stereocenters. The summed E-state index contributed by atoms with van der Waals surface area (Å²) in [7, 11) is 1.64. The first-order valence-corrected chi connectivity index (χ1v) is 7.41. The van der Waals surface area contributed by atoms with Crippen LogP contribution >= 0.6 is 0 Å². The molecule has 0 spiro atoms. The van der Waals surface area contributed by atoms with Gasteiger partial charge >= 0.3 is 0 Å². The number of amides is 1. The number of rotatable bonds is 3. The van der Waals surface area contributed by atoms with E-state index in [1.807, 2.05) is 24.3 Å². The van der Waals surface area contributed by atoms with Crippen molar-refractivity contribution in [2.75, 3.05) is 25.5 Å². The summed E-state index contributed by atoms with van der Waals surface area (Å²) in [5.41, 5.74) is 0.612. The van der Waals surface area contributed by atoms with Gasteiger partial charge in [0, 0.05) is 18.3 Å². The Hall–Kier alpha value is -1.55. The molecule has 1 saturated heterocycles. The number of ether oxygens (including phenoxy) is 1. The third kappa shape index (κ3) is 2.29. The van der Waals surface area contributed by atoms with Gasteiger partial charge in [0.25, 0.3) is 0 Å². The van der Waals surface area contributed by atoms with E-state index < -0.39 is 0 Å². The van der Waals surface area contributed by atoms with Gasteiger partial charge in [0.05, 0.1) is 12.5 Å². The Kier molecular flexibility index (Phi) is 3.66. The molecule has 2 fully saturated rings. The van der Waals surface area contributed by atoms with Gasteiger partial charge < -0.3 is 15.4 Å². The van der Waals surface area contributed by atoms with E-state index in [2.05, 4.69) is 10.6 Å². The Morgan fingerprint density at radius 1 is 1.45 bits per heavy atom. The molecule has 0 aromatic heterocycles. The predicted octanol–water partition coefficient (Wildman–Crippen LogP) is 2.41. The molecule has 4 nitrogen and oxygen atoms in total. The molecule has 2 aliphatic rings. The van der Waals surface area contributed by atoms with E-state index in [1.54, 1.807) is 7.11 Å². The first-order valence-electron chi connectivity index (χ1n) is 7.41. The Bertz CT molecular complexity index is 503. The predicted molar refractivity (Wildman–Crippen MR) is 78.9 cm³/mol. The van der Waals surface area contributed by atoms with Crippen LogP contribution in [0.25, 0.3) is 0 Å². The standard InChI is InChI=1S/C16H22N2O2/c1-20-14-7-4-6-13(9-14)18-15(19)16-8-3-2-5-12(16)10-17-11-16/h4,6-7,9,12,17H,2-3,5,8,10-11H2,1H3,(H,18,19)/t12-,16+/m0/s1. The molecule has 0 bridgehead atoms. The van der Waals surface area contributed by atoms with Gasteiger partial charge in [0.2, 0.25) is 5.91 Å². The maximum Gasteiger partial charge on any atom is 0.232 e. The molecular formula is C16H22N2O2. The Morgan fingerprint density at radius 3 is 3.20 bits per heavy atom. The molecule has 1 aromatic rings. The normalized spacial score (nSPS) is 28.8. The van der Waals surface area contributed by atoms with E-state index >= 15 is 0 Å². The monoisotopic (exact) mass is 274 g/mol.